The lowest BCUT2D eigenvalue weighted by Crippen LogP contribution is -2.02. The number of nitrogens with one attached hydrogen (secondary N) is 1. The molecule has 0 radical (unpaired) electrons. The highest BCUT2D eigenvalue weighted by Gasteiger charge is 2.04. The molecule has 2 rings (SSSR count). The second kappa shape index (κ2) is 4.91. The molecule has 4 nitrogen and oxygen atoms in total. The fourth-order valence-corrected chi connectivity index (χ4v) is 1.71. The molecule has 0 aliphatic carbocycles. The maximum Gasteiger partial charge on any atom is 0.207 e. The maximum atomic E-state index is 5.18. The number of aryl methyl sites for hydroxylation is 2. The molecule has 0 atom stereocenters. The van der Waals surface area contributed by atoms with Gasteiger partial charge in [-0.2, -0.15) is 0 Å². The predicted octanol–water partition coefficient (Wildman–Crippen LogP) is 2.96. The minimum Gasteiger partial charge on any atom is -0.497 e. The Balaban J connectivity index is 2.24. The van der Waals surface area contributed by atoms with Crippen molar-refractivity contribution in [3.05, 3.63) is 36.2 Å². The number of ether oxygens (including phenoxy) is 1. The number of methoxy groups -OCH3 is 1. The Morgan fingerprint density at radius 2 is 2.24 bits per heavy atom. The van der Waals surface area contributed by atoms with Gasteiger partial charge in [0.25, 0.3) is 0 Å². The number of imidazole rings is 1. The first-order chi connectivity index (χ1) is 8.24. The summed E-state index contributed by atoms with van der Waals surface area (Å²) in [5.74, 6) is 1.73. The van der Waals surface area contributed by atoms with E-state index in [9.17, 15) is 0 Å². The molecule has 90 valence electrons. The van der Waals surface area contributed by atoms with Crippen LogP contribution in [0, 0.1) is 6.92 Å². The largest absolute Gasteiger partial charge is 0.497 e. The van der Waals surface area contributed by atoms with Gasteiger partial charge in [-0.15, -0.1) is 0 Å². The molecule has 0 amide bonds. The SMILES string of the molecule is CCn1ccnc1Nc1ccc(OC)cc1C. The summed E-state index contributed by atoms with van der Waals surface area (Å²) in [5, 5.41) is 3.32. The number of nitrogens with zero attached hydrogens (tertiary/aromatic N) is 2. The van der Waals surface area contributed by atoms with Crippen molar-refractivity contribution in [2.75, 3.05) is 12.4 Å². The van der Waals surface area contributed by atoms with Gasteiger partial charge in [-0.05, 0) is 37.6 Å². The van der Waals surface area contributed by atoms with Crippen LogP contribution < -0.4 is 10.1 Å². The van der Waals surface area contributed by atoms with Gasteiger partial charge in [-0.1, -0.05) is 0 Å². The normalized spacial score (nSPS) is 10.3. The van der Waals surface area contributed by atoms with E-state index in [0.29, 0.717) is 0 Å². The average molecular weight is 231 g/mol. The zero-order valence-electron chi connectivity index (χ0n) is 10.4. The van der Waals surface area contributed by atoms with E-state index >= 15 is 0 Å². The van der Waals surface area contributed by atoms with Crippen LogP contribution >= 0.6 is 0 Å². The third kappa shape index (κ3) is 2.41. The monoisotopic (exact) mass is 231 g/mol. The first-order valence-corrected chi connectivity index (χ1v) is 5.67. The standard InChI is InChI=1S/C13H17N3O/c1-4-16-8-7-14-13(16)15-12-6-5-11(17-3)9-10(12)2/h5-9H,4H2,1-3H3,(H,14,15). The van der Waals surface area contributed by atoms with Crippen LogP contribution in [0.5, 0.6) is 5.75 Å². The summed E-state index contributed by atoms with van der Waals surface area (Å²) >= 11 is 0. The zero-order valence-corrected chi connectivity index (χ0v) is 10.4. The molecule has 1 aromatic carbocycles. The highest BCUT2D eigenvalue weighted by atomic mass is 16.5. The van der Waals surface area contributed by atoms with Crippen molar-refractivity contribution in [1.82, 2.24) is 9.55 Å². The number of benzene rings is 1. The van der Waals surface area contributed by atoms with Gasteiger partial charge in [0.15, 0.2) is 0 Å². The van der Waals surface area contributed by atoms with Crippen LogP contribution in [0.25, 0.3) is 0 Å². The lowest BCUT2D eigenvalue weighted by atomic mass is 10.2. The molecule has 0 unspecified atom stereocenters. The number of anilines is 2. The third-order valence-corrected chi connectivity index (χ3v) is 2.74. The van der Waals surface area contributed by atoms with Crippen molar-refractivity contribution in [3.63, 3.8) is 0 Å². The summed E-state index contributed by atoms with van der Waals surface area (Å²) in [6.45, 7) is 5.04. The Morgan fingerprint density at radius 3 is 2.88 bits per heavy atom. The number of hydrogen-bond donors (Lipinski definition) is 1. The molecule has 0 spiro atoms. The van der Waals surface area contributed by atoms with E-state index in [1.807, 2.05) is 31.3 Å². The van der Waals surface area contributed by atoms with Crippen molar-refractivity contribution < 1.29 is 4.74 Å². The second-order valence-corrected chi connectivity index (χ2v) is 3.84. The molecule has 0 saturated carbocycles. The summed E-state index contributed by atoms with van der Waals surface area (Å²) in [7, 11) is 1.67. The Kier molecular flexibility index (Phi) is 3.32. The summed E-state index contributed by atoms with van der Waals surface area (Å²) in [5.41, 5.74) is 2.18. The molecule has 4 heteroatoms. The topological polar surface area (TPSA) is 39.1 Å². The van der Waals surface area contributed by atoms with Crippen LogP contribution in [0.1, 0.15) is 12.5 Å². The third-order valence-electron chi connectivity index (χ3n) is 2.74. The van der Waals surface area contributed by atoms with Crippen LogP contribution in [-0.2, 0) is 6.54 Å². The minimum atomic E-state index is 0.862. The van der Waals surface area contributed by atoms with Gasteiger partial charge in [0.2, 0.25) is 5.95 Å². The van der Waals surface area contributed by atoms with E-state index in [1.54, 1.807) is 13.3 Å². The Bertz CT molecular complexity index is 505. The average Bonchev–Trinajstić information content (AvgIpc) is 2.79. The van der Waals surface area contributed by atoms with Gasteiger partial charge in [-0.3, -0.25) is 0 Å². The Morgan fingerprint density at radius 1 is 1.41 bits per heavy atom. The van der Waals surface area contributed by atoms with Crippen LogP contribution in [0.4, 0.5) is 11.6 Å². The zero-order chi connectivity index (χ0) is 12.3. The molecule has 1 heterocycles. The lowest BCUT2D eigenvalue weighted by Gasteiger charge is -2.11. The van der Waals surface area contributed by atoms with Crippen LogP contribution in [0.15, 0.2) is 30.6 Å². The molecule has 0 aliphatic heterocycles. The van der Waals surface area contributed by atoms with Gasteiger partial charge in [0.1, 0.15) is 5.75 Å². The predicted molar refractivity (Wildman–Crippen MR) is 68.9 cm³/mol. The molecule has 0 aliphatic rings. The fourth-order valence-electron chi connectivity index (χ4n) is 1.71. The Hall–Kier alpha value is -1.97. The van der Waals surface area contributed by atoms with Crippen LogP contribution in [0.2, 0.25) is 0 Å². The maximum absolute atomic E-state index is 5.18. The lowest BCUT2D eigenvalue weighted by molar-refractivity contribution is 0.414. The van der Waals surface area contributed by atoms with Crippen LogP contribution in [0.3, 0.4) is 0 Å². The molecule has 0 saturated heterocycles. The van der Waals surface area contributed by atoms with E-state index in [-0.39, 0.29) is 0 Å². The molecule has 0 fully saturated rings. The molecule has 2 aromatic rings. The summed E-state index contributed by atoms with van der Waals surface area (Å²) in [6.07, 6.45) is 3.76. The molecule has 1 N–H and O–H groups in total. The van der Waals surface area contributed by atoms with Crippen molar-refractivity contribution in [2.45, 2.75) is 20.4 Å². The number of aromatic nitrogens is 2. The fraction of sp³-hybridized carbons (Fsp3) is 0.308. The quantitative estimate of drug-likeness (QED) is 0.879. The van der Waals surface area contributed by atoms with Crippen LogP contribution in [-0.4, -0.2) is 16.7 Å². The molecule has 17 heavy (non-hydrogen) atoms. The van der Waals surface area contributed by atoms with Gasteiger partial charge < -0.3 is 14.6 Å². The number of hydrogen-bond acceptors (Lipinski definition) is 3. The van der Waals surface area contributed by atoms with Gasteiger partial charge >= 0.3 is 0 Å². The van der Waals surface area contributed by atoms with Crippen molar-refractivity contribution in [1.29, 1.82) is 0 Å². The second-order valence-electron chi connectivity index (χ2n) is 3.84. The summed E-state index contributed by atoms with van der Waals surface area (Å²) < 4.78 is 7.24. The van der Waals surface area contributed by atoms with E-state index in [0.717, 1.165) is 29.5 Å². The van der Waals surface area contributed by atoms with E-state index in [1.165, 1.54) is 0 Å². The number of rotatable bonds is 4. The molecular formula is C13H17N3O. The van der Waals surface area contributed by atoms with E-state index in [4.69, 9.17) is 4.74 Å². The van der Waals surface area contributed by atoms with Gasteiger partial charge in [0, 0.05) is 24.6 Å². The Labute approximate surface area is 101 Å². The van der Waals surface area contributed by atoms with Gasteiger partial charge in [0.05, 0.1) is 7.11 Å². The molecule has 1 aromatic heterocycles. The summed E-state index contributed by atoms with van der Waals surface area (Å²) in [6, 6.07) is 5.94. The highest BCUT2D eigenvalue weighted by molar-refractivity contribution is 5.60. The van der Waals surface area contributed by atoms with Crippen molar-refractivity contribution in [3.8, 4) is 5.75 Å². The first-order valence-electron chi connectivity index (χ1n) is 5.67. The smallest absolute Gasteiger partial charge is 0.207 e. The minimum absolute atomic E-state index is 0.862. The van der Waals surface area contributed by atoms with Gasteiger partial charge in [-0.25, -0.2) is 4.98 Å². The van der Waals surface area contributed by atoms with E-state index < -0.39 is 0 Å². The van der Waals surface area contributed by atoms with E-state index in [2.05, 4.69) is 21.8 Å². The summed E-state index contributed by atoms with van der Waals surface area (Å²) in [4.78, 5) is 4.29. The highest BCUT2D eigenvalue weighted by Crippen LogP contribution is 2.23. The van der Waals surface area contributed by atoms with Crippen molar-refractivity contribution >= 4 is 11.6 Å². The molecule has 0 bridgehead atoms. The van der Waals surface area contributed by atoms with Crippen molar-refractivity contribution in [2.24, 2.45) is 0 Å². The first kappa shape index (κ1) is 11.5. The molecular weight excluding hydrogens is 214 g/mol.